The molecule has 0 saturated carbocycles. The van der Waals surface area contributed by atoms with E-state index in [0.717, 1.165) is 36.3 Å². The second-order valence-corrected chi connectivity index (χ2v) is 5.67. The van der Waals surface area contributed by atoms with Crippen LogP contribution < -0.4 is 10.5 Å². The van der Waals surface area contributed by atoms with Crippen molar-refractivity contribution in [3.63, 3.8) is 0 Å². The highest BCUT2D eigenvalue weighted by Gasteiger charge is 2.21. The lowest BCUT2D eigenvalue weighted by Crippen LogP contribution is -2.37. The molecule has 2 rings (SSSR count). The summed E-state index contributed by atoms with van der Waals surface area (Å²) in [6.45, 7) is 1.69. The van der Waals surface area contributed by atoms with E-state index in [1.165, 1.54) is 12.0 Å². The number of benzene rings is 1. The molecule has 18 heavy (non-hydrogen) atoms. The summed E-state index contributed by atoms with van der Waals surface area (Å²) in [4.78, 5) is 0. The molecule has 0 aromatic heterocycles. The van der Waals surface area contributed by atoms with Crippen LogP contribution in [0, 0.1) is 5.92 Å². The lowest BCUT2D eigenvalue weighted by molar-refractivity contribution is 0.0450. The quantitative estimate of drug-likeness (QED) is 0.929. The highest BCUT2D eigenvalue weighted by Crippen LogP contribution is 2.27. The van der Waals surface area contributed by atoms with Crippen LogP contribution >= 0.6 is 15.9 Å². The molecule has 2 N–H and O–H groups in total. The third-order valence-electron chi connectivity index (χ3n) is 3.49. The van der Waals surface area contributed by atoms with E-state index in [4.69, 9.17) is 15.2 Å². The fourth-order valence-electron chi connectivity index (χ4n) is 2.38. The van der Waals surface area contributed by atoms with Crippen molar-refractivity contribution < 1.29 is 9.47 Å². The van der Waals surface area contributed by atoms with Crippen LogP contribution in [0.2, 0.25) is 0 Å². The molecule has 3 nitrogen and oxygen atoms in total. The molecule has 1 fully saturated rings. The van der Waals surface area contributed by atoms with Crippen molar-refractivity contribution in [2.75, 3.05) is 20.3 Å². The van der Waals surface area contributed by atoms with Gasteiger partial charge in [-0.15, -0.1) is 0 Å². The molecule has 0 bridgehead atoms. The zero-order chi connectivity index (χ0) is 13.0. The fourth-order valence-corrected chi connectivity index (χ4v) is 2.97. The van der Waals surface area contributed by atoms with Crippen molar-refractivity contribution in [3.8, 4) is 5.75 Å². The topological polar surface area (TPSA) is 44.5 Å². The van der Waals surface area contributed by atoms with Crippen LogP contribution in [-0.4, -0.2) is 26.4 Å². The van der Waals surface area contributed by atoms with Crippen LogP contribution in [0.4, 0.5) is 0 Å². The molecule has 2 unspecified atom stereocenters. The van der Waals surface area contributed by atoms with Crippen molar-refractivity contribution in [1.29, 1.82) is 0 Å². The van der Waals surface area contributed by atoms with E-state index >= 15 is 0 Å². The first-order valence-corrected chi connectivity index (χ1v) is 7.15. The maximum absolute atomic E-state index is 6.27. The Balaban J connectivity index is 1.97. The summed E-state index contributed by atoms with van der Waals surface area (Å²) in [6, 6.07) is 6.31. The Morgan fingerprint density at radius 3 is 3.00 bits per heavy atom. The SMILES string of the molecule is COc1ccc(CC(N)C2CCCOC2)cc1Br. The monoisotopic (exact) mass is 313 g/mol. The molecule has 4 heteroatoms. The minimum Gasteiger partial charge on any atom is -0.496 e. The predicted octanol–water partition coefficient (Wildman–Crippen LogP) is 2.75. The van der Waals surface area contributed by atoms with Gasteiger partial charge in [0, 0.05) is 12.6 Å². The largest absolute Gasteiger partial charge is 0.496 e. The van der Waals surface area contributed by atoms with Crippen molar-refractivity contribution in [2.24, 2.45) is 11.7 Å². The molecule has 0 radical (unpaired) electrons. The summed E-state index contributed by atoms with van der Waals surface area (Å²) in [7, 11) is 1.67. The first-order valence-electron chi connectivity index (χ1n) is 6.36. The number of halogens is 1. The molecule has 100 valence electrons. The van der Waals surface area contributed by atoms with Gasteiger partial charge in [0.1, 0.15) is 5.75 Å². The van der Waals surface area contributed by atoms with Gasteiger partial charge in [-0.2, -0.15) is 0 Å². The first kappa shape index (κ1) is 13.8. The van der Waals surface area contributed by atoms with Crippen LogP contribution in [0.1, 0.15) is 18.4 Å². The first-order chi connectivity index (χ1) is 8.70. The van der Waals surface area contributed by atoms with Crippen LogP contribution in [0.15, 0.2) is 22.7 Å². The molecule has 1 aliphatic rings. The summed E-state index contributed by atoms with van der Waals surface area (Å²) in [5.74, 6) is 1.34. The molecule has 1 saturated heterocycles. The molecule has 2 atom stereocenters. The van der Waals surface area contributed by atoms with Crippen molar-refractivity contribution in [1.82, 2.24) is 0 Å². The Bertz CT molecular complexity index is 391. The number of ether oxygens (including phenoxy) is 2. The van der Waals surface area contributed by atoms with E-state index in [0.29, 0.717) is 5.92 Å². The van der Waals surface area contributed by atoms with Gasteiger partial charge in [0.2, 0.25) is 0 Å². The van der Waals surface area contributed by atoms with E-state index in [1.54, 1.807) is 7.11 Å². The average molecular weight is 314 g/mol. The summed E-state index contributed by atoms with van der Waals surface area (Å²) in [5, 5.41) is 0. The highest BCUT2D eigenvalue weighted by atomic mass is 79.9. The molecule has 0 spiro atoms. The zero-order valence-electron chi connectivity index (χ0n) is 10.7. The van der Waals surface area contributed by atoms with E-state index in [9.17, 15) is 0 Å². The van der Waals surface area contributed by atoms with Crippen molar-refractivity contribution >= 4 is 15.9 Å². The van der Waals surface area contributed by atoms with Gasteiger partial charge >= 0.3 is 0 Å². The Hall–Kier alpha value is -0.580. The second-order valence-electron chi connectivity index (χ2n) is 4.81. The summed E-state index contributed by atoms with van der Waals surface area (Å²) >= 11 is 3.50. The van der Waals surface area contributed by atoms with Crippen LogP contribution in [-0.2, 0) is 11.2 Å². The van der Waals surface area contributed by atoms with E-state index in [-0.39, 0.29) is 6.04 Å². The minimum atomic E-state index is 0.172. The number of hydrogen-bond donors (Lipinski definition) is 1. The Morgan fingerprint density at radius 1 is 1.56 bits per heavy atom. The van der Waals surface area contributed by atoms with Crippen molar-refractivity contribution in [2.45, 2.75) is 25.3 Å². The van der Waals surface area contributed by atoms with E-state index < -0.39 is 0 Å². The number of rotatable bonds is 4. The minimum absolute atomic E-state index is 0.172. The molecular formula is C14H20BrNO2. The molecule has 0 aliphatic carbocycles. The third-order valence-corrected chi connectivity index (χ3v) is 4.11. The van der Waals surface area contributed by atoms with Gasteiger partial charge in [0.05, 0.1) is 18.2 Å². The third kappa shape index (κ3) is 3.46. The normalized spacial score (nSPS) is 21.6. The van der Waals surface area contributed by atoms with Gasteiger partial charge in [-0.05, 0) is 58.8 Å². The maximum Gasteiger partial charge on any atom is 0.133 e. The van der Waals surface area contributed by atoms with E-state index in [2.05, 4.69) is 28.1 Å². The van der Waals surface area contributed by atoms with Crippen LogP contribution in [0.3, 0.4) is 0 Å². The highest BCUT2D eigenvalue weighted by molar-refractivity contribution is 9.10. The Labute approximate surface area is 117 Å². The smallest absolute Gasteiger partial charge is 0.133 e. The maximum atomic E-state index is 6.27. The van der Waals surface area contributed by atoms with Crippen LogP contribution in [0.25, 0.3) is 0 Å². The number of hydrogen-bond acceptors (Lipinski definition) is 3. The summed E-state index contributed by atoms with van der Waals surface area (Å²) in [5.41, 5.74) is 7.51. The molecular weight excluding hydrogens is 294 g/mol. The lowest BCUT2D eigenvalue weighted by atomic mass is 9.90. The molecule has 1 aliphatic heterocycles. The van der Waals surface area contributed by atoms with E-state index in [1.807, 2.05) is 6.07 Å². The van der Waals surface area contributed by atoms with Crippen LogP contribution in [0.5, 0.6) is 5.75 Å². The van der Waals surface area contributed by atoms with Gasteiger partial charge in [-0.25, -0.2) is 0 Å². The predicted molar refractivity (Wildman–Crippen MR) is 75.9 cm³/mol. The van der Waals surface area contributed by atoms with Gasteiger partial charge in [-0.3, -0.25) is 0 Å². The number of nitrogens with two attached hydrogens (primary N) is 1. The standard InChI is InChI=1S/C14H20BrNO2/c1-17-14-5-4-10(7-12(14)15)8-13(16)11-3-2-6-18-9-11/h4-5,7,11,13H,2-3,6,8-9,16H2,1H3. The molecule has 1 heterocycles. The average Bonchev–Trinajstić information content (AvgIpc) is 2.40. The molecule has 1 aromatic rings. The summed E-state index contributed by atoms with van der Waals surface area (Å²) < 4.78 is 11.7. The van der Waals surface area contributed by atoms with Gasteiger partial charge < -0.3 is 15.2 Å². The van der Waals surface area contributed by atoms with Gasteiger partial charge in [0.15, 0.2) is 0 Å². The zero-order valence-corrected chi connectivity index (χ0v) is 12.3. The second kappa shape index (κ2) is 6.55. The molecule has 1 aromatic carbocycles. The molecule has 0 amide bonds. The number of methoxy groups -OCH3 is 1. The van der Waals surface area contributed by atoms with Gasteiger partial charge in [-0.1, -0.05) is 6.07 Å². The fraction of sp³-hybridized carbons (Fsp3) is 0.571. The summed E-state index contributed by atoms with van der Waals surface area (Å²) in [6.07, 6.45) is 3.19. The van der Waals surface area contributed by atoms with Gasteiger partial charge in [0.25, 0.3) is 0 Å². The lowest BCUT2D eigenvalue weighted by Gasteiger charge is -2.27. The Morgan fingerprint density at radius 2 is 2.39 bits per heavy atom. The van der Waals surface area contributed by atoms with Crippen molar-refractivity contribution in [3.05, 3.63) is 28.2 Å². The Kier molecular flexibility index (Phi) is 5.03.